The number of carbonyl (C=O) groups excluding carboxylic acids is 1. The fourth-order valence-corrected chi connectivity index (χ4v) is 1.52. The molecule has 0 aliphatic heterocycles. The molecule has 1 atom stereocenters. The smallest absolute Gasteiger partial charge is 0.418 e. The Kier molecular flexibility index (Phi) is 4.83. The van der Waals surface area contributed by atoms with Crippen molar-refractivity contribution in [3.63, 3.8) is 0 Å². The predicted octanol–water partition coefficient (Wildman–Crippen LogP) is 2.95. The van der Waals surface area contributed by atoms with E-state index in [-0.39, 0.29) is 5.02 Å². The fraction of sp³-hybridized carbons (Fsp3) is 0.273. The van der Waals surface area contributed by atoms with Gasteiger partial charge in [-0.3, -0.25) is 4.79 Å². The summed E-state index contributed by atoms with van der Waals surface area (Å²) in [6.45, 7) is 1.17. The van der Waals surface area contributed by atoms with Gasteiger partial charge in [-0.25, -0.2) is 4.79 Å². The number of aliphatic carboxylic acids is 1. The van der Waals surface area contributed by atoms with E-state index in [1.54, 1.807) is 0 Å². The van der Waals surface area contributed by atoms with E-state index in [1.807, 2.05) is 10.6 Å². The van der Waals surface area contributed by atoms with E-state index in [4.69, 9.17) is 16.7 Å². The second-order valence-corrected chi connectivity index (χ2v) is 4.23. The second-order valence-electron chi connectivity index (χ2n) is 3.82. The first-order valence-electron chi connectivity index (χ1n) is 5.29. The number of hydrogen-bond acceptors (Lipinski definition) is 2. The zero-order valence-electron chi connectivity index (χ0n) is 10.1. The lowest BCUT2D eigenvalue weighted by molar-refractivity contribution is -0.139. The Morgan fingerprint density at radius 2 is 1.95 bits per heavy atom. The Morgan fingerprint density at radius 1 is 1.35 bits per heavy atom. The van der Waals surface area contributed by atoms with Crippen LogP contribution in [-0.4, -0.2) is 23.1 Å². The quantitative estimate of drug-likeness (QED) is 0.803. The molecule has 0 fully saturated rings. The minimum absolute atomic E-state index is 0.307. The zero-order valence-corrected chi connectivity index (χ0v) is 10.8. The number of halogens is 4. The molecule has 3 N–H and O–H groups in total. The van der Waals surface area contributed by atoms with Crippen molar-refractivity contribution in [2.75, 3.05) is 5.32 Å². The molecule has 9 heteroatoms. The maximum Gasteiger partial charge on any atom is 0.418 e. The molecule has 0 aliphatic carbocycles. The fourth-order valence-electron chi connectivity index (χ4n) is 1.30. The number of nitrogens with one attached hydrogen (secondary N) is 2. The third-order valence-corrected chi connectivity index (χ3v) is 2.59. The summed E-state index contributed by atoms with van der Waals surface area (Å²) in [5.41, 5.74) is -1.75. The van der Waals surface area contributed by atoms with Crippen LogP contribution in [0.4, 0.5) is 23.7 Å². The van der Waals surface area contributed by atoms with Crippen LogP contribution in [0.15, 0.2) is 18.2 Å². The van der Waals surface area contributed by atoms with Gasteiger partial charge in [-0.1, -0.05) is 17.7 Å². The average molecular weight is 311 g/mol. The van der Waals surface area contributed by atoms with Crippen LogP contribution in [0, 0.1) is 0 Å². The highest BCUT2D eigenvalue weighted by molar-refractivity contribution is 6.34. The minimum atomic E-state index is -4.70. The molecule has 0 radical (unpaired) electrons. The monoisotopic (exact) mass is 310 g/mol. The van der Waals surface area contributed by atoms with Gasteiger partial charge >= 0.3 is 18.2 Å². The van der Waals surface area contributed by atoms with Crippen LogP contribution in [0.1, 0.15) is 12.5 Å². The second kappa shape index (κ2) is 6.00. The summed E-state index contributed by atoms with van der Waals surface area (Å²) in [4.78, 5) is 22.0. The van der Waals surface area contributed by atoms with E-state index in [1.165, 1.54) is 13.0 Å². The van der Waals surface area contributed by atoms with Gasteiger partial charge in [-0.2, -0.15) is 13.2 Å². The number of benzene rings is 1. The summed E-state index contributed by atoms with van der Waals surface area (Å²) in [7, 11) is 0. The van der Waals surface area contributed by atoms with Gasteiger partial charge in [0.1, 0.15) is 6.04 Å². The summed E-state index contributed by atoms with van der Waals surface area (Å²) in [5, 5.41) is 12.1. The highest BCUT2D eigenvalue weighted by Gasteiger charge is 2.34. The highest BCUT2D eigenvalue weighted by atomic mass is 35.5. The van der Waals surface area contributed by atoms with Crippen LogP contribution in [0.2, 0.25) is 5.02 Å². The Morgan fingerprint density at radius 3 is 2.45 bits per heavy atom. The number of para-hydroxylation sites is 1. The number of urea groups is 1. The lowest BCUT2D eigenvalue weighted by Gasteiger charge is -2.16. The lowest BCUT2D eigenvalue weighted by Crippen LogP contribution is -2.41. The molecule has 1 rings (SSSR count). The molecule has 0 bridgehead atoms. The Labute approximate surface area is 116 Å². The first kappa shape index (κ1) is 16.1. The number of carboxylic acid groups (broad SMARTS) is 1. The maximum atomic E-state index is 12.7. The molecule has 1 aromatic carbocycles. The van der Waals surface area contributed by atoms with Crippen LogP contribution in [-0.2, 0) is 11.0 Å². The Balaban J connectivity index is 2.98. The lowest BCUT2D eigenvalue weighted by atomic mass is 10.1. The minimum Gasteiger partial charge on any atom is -0.480 e. The number of carboxylic acids is 1. The van der Waals surface area contributed by atoms with Crippen LogP contribution in [0.3, 0.4) is 0 Å². The molecule has 110 valence electrons. The Bertz CT molecular complexity index is 534. The number of hydrogen-bond donors (Lipinski definition) is 3. The van der Waals surface area contributed by atoms with E-state index >= 15 is 0 Å². The first-order chi connectivity index (χ1) is 9.12. The highest BCUT2D eigenvalue weighted by Crippen LogP contribution is 2.38. The number of alkyl halides is 3. The van der Waals surface area contributed by atoms with E-state index in [9.17, 15) is 22.8 Å². The SMILES string of the molecule is C[C@@H](NC(=O)Nc1c(Cl)cccc1C(F)(F)F)C(=O)O. The van der Waals surface area contributed by atoms with Gasteiger partial charge in [0, 0.05) is 0 Å². The van der Waals surface area contributed by atoms with Gasteiger partial charge in [0.2, 0.25) is 0 Å². The summed E-state index contributed by atoms with van der Waals surface area (Å²) in [5.74, 6) is -1.32. The van der Waals surface area contributed by atoms with Gasteiger partial charge in [-0.15, -0.1) is 0 Å². The molecule has 20 heavy (non-hydrogen) atoms. The van der Waals surface area contributed by atoms with Crippen LogP contribution < -0.4 is 10.6 Å². The van der Waals surface area contributed by atoms with Gasteiger partial charge < -0.3 is 15.7 Å². The predicted molar refractivity (Wildman–Crippen MR) is 65.7 cm³/mol. The molecule has 0 heterocycles. The maximum absolute atomic E-state index is 12.7. The van der Waals surface area contributed by atoms with Crippen molar-refractivity contribution in [1.29, 1.82) is 0 Å². The van der Waals surface area contributed by atoms with Gasteiger partial charge in [0.15, 0.2) is 0 Å². The van der Waals surface area contributed by atoms with Crippen molar-refractivity contribution in [2.45, 2.75) is 19.1 Å². The number of carbonyl (C=O) groups is 2. The molecular weight excluding hydrogens is 301 g/mol. The summed E-state index contributed by atoms with van der Waals surface area (Å²) in [6.07, 6.45) is -4.70. The normalized spacial score (nSPS) is 12.7. The standard InChI is InChI=1S/C11H10ClF3N2O3/c1-5(9(18)19)16-10(20)17-8-6(11(13,14)15)3-2-4-7(8)12/h2-5H,1H3,(H,18,19)(H2,16,17,20)/t5-/m1/s1. The van der Waals surface area contributed by atoms with Crippen molar-refractivity contribution in [3.8, 4) is 0 Å². The molecular formula is C11H10ClF3N2O3. The van der Waals surface area contributed by atoms with Crippen LogP contribution >= 0.6 is 11.6 Å². The Hall–Kier alpha value is -1.96. The van der Waals surface area contributed by atoms with E-state index < -0.39 is 35.5 Å². The van der Waals surface area contributed by atoms with Crippen LogP contribution in [0.25, 0.3) is 0 Å². The molecule has 0 saturated heterocycles. The number of rotatable bonds is 3. The largest absolute Gasteiger partial charge is 0.480 e. The van der Waals surface area contributed by atoms with Crippen molar-refractivity contribution < 1.29 is 27.9 Å². The zero-order chi connectivity index (χ0) is 15.5. The van der Waals surface area contributed by atoms with E-state index in [2.05, 4.69) is 0 Å². The van der Waals surface area contributed by atoms with E-state index in [0.29, 0.717) is 0 Å². The molecule has 1 aromatic rings. The number of amides is 2. The summed E-state index contributed by atoms with van der Waals surface area (Å²) >= 11 is 5.62. The third kappa shape index (κ3) is 4.02. The first-order valence-corrected chi connectivity index (χ1v) is 5.66. The molecule has 5 nitrogen and oxygen atoms in total. The average Bonchev–Trinajstić information content (AvgIpc) is 2.29. The van der Waals surface area contributed by atoms with Crippen molar-refractivity contribution in [1.82, 2.24) is 5.32 Å². The van der Waals surface area contributed by atoms with Gasteiger partial charge in [-0.05, 0) is 19.1 Å². The molecule has 0 saturated carbocycles. The molecule has 2 amide bonds. The third-order valence-electron chi connectivity index (χ3n) is 2.28. The summed E-state index contributed by atoms with van der Waals surface area (Å²) < 4.78 is 38.2. The van der Waals surface area contributed by atoms with E-state index in [0.717, 1.165) is 12.1 Å². The van der Waals surface area contributed by atoms with Gasteiger partial charge in [0.05, 0.1) is 16.3 Å². The van der Waals surface area contributed by atoms with Crippen molar-refractivity contribution in [2.24, 2.45) is 0 Å². The summed E-state index contributed by atoms with van der Waals surface area (Å²) in [6, 6.07) is 0.661. The number of anilines is 1. The van der Waals surface area contributed by atoms with Crippen LogP contribution in [0.5, 0.6) is 0 Å². The van der Waals surface area contributed by atoms with Gasteiger partial charge in [0.25, 0.3) is 0 Å². The topological polar surface area (TPSA) is 78.4 Å². The molecule has 0 aromatic heterocycles. The molecule has 0 spiro atoms. The molecule has 0 aliphatic rings. The van der Waals surface area contributed by atoms with Crippen molar-refractivity contribution in [3.05, 3.63) is 28.8 Å². The molecule has 0 unspecified atom stereocenters. The van der Waals surface area contributed by atoms with Crippen molar-refractivity contribution >= 4 is 29.3 Å².